The molecule has 2 aromatic carbocycles. The Bertz CT molecular complexity index is 943. The molecule has 0 bridgehead atoms. The minimum Gasteiger partial charge on any atom is -0.346 e. The molecule has 4 rings (SSSR count). The van der Waals surface area contributed by atoms with Crippen LogP contribution < -0.4 is 4.90 Å². The van der Waals surface area contributed by atoms with Gasteiger partial charge in [0, 0.05) is 25.0 Å². The van der Waals surface area contributed by atoms with Crippen LogP contribution in [0.2, 0.25) is 0 Å². The van der Waals surface area contributed by atoms with Crippen molar-refractivity contribution in [3.05, 3.63) is 66.0 Å². The van der Waals surface area contributed by atoms with Crippen LogP contribution in [0.15, 0.2) is 54.6 Å². The first-order valence-electron chi connectivity index (χ1n) is 8.77. The summed E-state index contributed by atoms with van der Waals surface area (Å²) in [5.74, 6) is -0.753. The maximum atomic E-state index is 13.4. The SMILES string of the molecule is CN1CCN(c2nc(C(F)(F)F)nc3ccccc23)[C@@H](c2ccccc2)C1. The van der Waals surface area contributed by atoms with Gasteiger partial charge in [-0.2, -0.15) is 13.2 Å². The summed E-state index contributed by atoms with van der Waals surface area (Å²) in [4.78, 5) is 11.9. The van der Waals surface area contributed by atoms with E-state index in [2.05, 4.69) is 14.9 Å². The van der Waals surface area contributed by atoms with Crippen molar-refractivity contribution >= 4 is 16.7 Å². The molecule has 0 amide bonds. The zero-order valence-corrected chi connectivity index (χ0v) is 14.8. The quantitative estimate of drug-likeness (QED) is 0.677. The minimum atomic E-state index is -4.59. The molecule has 1 fully saturated rings. The first-order valence-corrected chi connectivity index (χ1v) is 8.77. The van der Waals surface area contributed by atoms with E-state index in [0.29, 0.717) is 29.8 Å². The Morgan fingerprint density at radius 3 is 2.37 bits per heavy atom. The first-order chi connectivity index (χ1) is 12.9. The van der Waals surface area contributed by atoms with E-state index >= 15 is 0 Å². The van der Waals surface area contributed by atoms with E-state index in [1.54, 1.807) is 24.3 Å². The van der Waals surface area contributed by atoms with Gasteiger partial charge >= 0.3 is 6.18 Å². The van der Waals surface area contributed by atoms with Crippen molar-refractivity contribution in [3.8, 4) is 0 Å². The highest BCUT2D eigenvalue weighted by atomic mass is 19.4. The number of fused-ring (bicyclic) bond motifs is 1. The molecular weight excluding hydrogens is 353 g/mol. The molecule has 0 aliphatic carbocycles. The topological polar surface area (TPSA) is 32.3 Å². The molecule has 4 nitrogen and oxygen atoms in total. The Morgan fingerprint density at radius 2 is 1.63 bits per heavy atom. The van der Waals surface area contributed by atoms with Crippen LogP contribution in [0.3, 0.4) is 0 Å². The lowest BCUT2D eigenvalue weighted by molar-refractivity contribution is -0.144. The zero-order chi connectivity index (χ0) is 19.0. The average molecular weight is 372 g/mol. The second kappa shape index (κ2) is 6.81. The van der Waals surface area contributed by atoms with Crippen molar-refractivity contribution in [1.29, 1.82) is 0 Å². The maximum Gasteiger partial charge on any atom is 0.451 e. The first kappa shape index (κ1) is 17.7. The van der Waals surface area contributed by atoms with E-state index < -0.39 is 12.0 Å². The third-order valence-corrected chi connectivity index (χ3v) is 4.88. The Hall–Kier alpha value is -2.67. The number of halogens is 3. The molecule has 0 spiro atoms. The van der Waals surface area contributed by atoms with Gasteiger partial charge in [0.1, 0.15) is 5.82 Å². The number of aromatic nitrogens is 2. The lowest BCUT2D eigenvalue weighted by Gasteiger charge is -2.41. The fourth-order valence-corrected chi connectivity index (χ4v) is 3.54. The number of para-hydroxylation sites is 1. The Morgan fingerprint density at radius 1 is 0.926 bits per heavy atom. The molecule has 0 saturated carbocycles. The van der Waals surface area contributed by atoms with Crippen LogP contribution in [0.25, 0.3) is 10.9 Å². The molecule has 1 atom stereocenters. The van der Waals surface area contributed by atoms with Crippen molar-refractivity contribution < 1.29 is 13.2 Å². The van der Waals surface area contributed by atoms with Gasteiger partial charge < -0.3 is 9.80 Å². The predicted molar refractivity (Wildman–Crippen MR) is 98.6 cm³/mol. The van der Waals surface area contributed by atoms with E-state index in [4.69, 9.17) is 0 Å². The van der Waals surface area contributed by atoms with Gasteiger partial charge in [0.25, 0.3) is 0 Å². The molecule has 0 N–H and O–H groups in total. The van der Waals surface area contributed by atoms with Gasteiger partial charge in [-0.1, -0.05) is 42.5 Å². The van der Waals surface area contributed by atoms with E-state index in [1.807, 2.05) is 42.3 Å². The molecule has 1 aliphatic rings. The molecule has 2 heterocycles. The van der Waals surface area contributed by atoms with Crippen molar-refractivity contribution in [3.63, 3.8) is 0 Å². The normalized spacial score (nSPS) is 18.8. The monoisotopic (exact) mass is 372 g/mol. The second-order valence-electron chi connectivity index (χ2n) is 6.77. The van der Waals surface area contributed by atoms with Crippen LogP contribution in [0.4, 0.5) is 19.0 Å². The highest BCUT2D eigenvalue weighted by molar-refractivity contribution is 5.89. The number of rotatable bonds is 2. The molecular formula is C20H19F3N4. The fraction of sp³-hybridized carbons (Fsp3) is 0.300. The Kier molecular flexibility index (Phi) is 4.47. The van der Waals surface area contributed by atoms with E-state index in [-0.39, 0.29) is 6.04 Å². The molecule has 3 aromatic rings. The van der Waals surface area contributed by atoms with Crippen LogP contribution in [-0.4, -0.2) is 41.5 Å². The molecule has 1 saturated heterocycles. The number of hydrogen-bond acceptors (Lipinski definition) is 4. The maximum absolute atomic E-state index is 13.4. The molecule has 1 aromatic heterocycles. The summed E-state index contributed by atoms with van der Waals surface area (Å²) in [6, 6.07) is 16.6. The molecule has 140 valence electrons. The molecule has 7 heteroatoms. The molecule has 27 heavy (non-hydrogen) atoms. The fourth-order valence-electron chi connectivity index (χ4n) is 3.54. The molecule has 0 radical (unpaired) electrons. The van der Waals surface area contributed by atoms with E-state index in [0.717, 1.165) is 12.1 Å². The van der Waals surface area contributed by atoms with Gasteiger partial charge in [-0.3, -0.25) is 0 Å². The summed E-state index contributed by atoms with van der Waals surface area (Å²) in [5.41, 5.74) is 1.36. The van der Waals surface area contributed by atoms with Crippen LogP contribution in [0.1, 0.15) is 17.4 Å². The van der Waals surface area contributed by atoms with E-state index in [9.17, 15) is 13.2 Å². The predicted octanol–water partition coefficient (Wildman–Crippen LogP) is 4.14. The van der Waals surface area contributed by atoms with Crippen LogP contribution in [0.5, 0.6) is 0 Å². The van der Waals surface area contributed by atoms with Crippen LogP contribution in [-0.2, 0) is 6.18 Å². The average Bonchev–Trinajstić information content (AvgIpc) is 2.67. The summed E-state index contributed by atoms with van der Waals surface area (Å²) in [6.07, 6.45) is -4.59. The van der Waals surface area contributed by atoms with Crippen LogP contribution in [0, 0.1) is 0 Å². The van der Waals surface area contributed by atoms with Gasteiger partial charge in [0.2, 0.25) is 5.82 Å². The second-order valence-corrected chi connectivity index (χ2v) is 6.77. The summed E-state index contributed by atoms with van der Waals surface area (Å²) in [5, 5.41) is 0.635. The summed E-state index contributed by atoms with van der Waals surface area (Å²) >= 11 is 0. The summed E-state index contributed by atoms with van der Waals surface area (Å²) in [6.45, 7) is 2.06. The summed E-state index contributed by atoms with van der Waals surface area (Å²) < 4.78 is 40.2. The standard InChI is InChI=1S/C20H19F3N4/c1-26-11-12-27(17(13-26)14-7-3-2-4-8-14)18-15-9-5-6-10-16(15)24-19(25-18)20(21,22)23/h2-10,17H,11-13H2,1H3/t17-/m1/s1. The minimum absolute atomic E-state index is 0.0793. The number of nitrogens with zero attached hydrogens (tertiary/aromatic N) is 4. The zero-order valence-electron chi connectivity index (χ0n) is 14.8. The summed E-state index contributed by atoms with van der Waals surface area (Å²) in [7, 11) is 2.02. The Labute approximate surface area is 155 Å². The number of anilines is 1. The molecule has 0 unspecified atom stereocenters. The van der Waals surface area contributed by atoms with Crippen molar-refractivity contribution in [2.75, 3.05) is 31.6 Å². The van der Waals surface area contributed by atoms with Crippen molar-refractivity contribution in [1.82, 2.24) is 14.9 Å². The number of benzene rings is 2. The van der Waals surface area contributed by atoms with Crippen molar-refractivity contribution in [2.24, 2.45) is 0 Å². The van der Waals surface area contributed by atoms with Gasteiger partial charge in [0.15, 0.2) is 0 Å². The highest BCUT2D eigenvalue weighted by Crippen LogP contribution is 2.36. The van der Waals surface area contributed by atoms with Gasteiger partial charge in [-0.25, -0.2) is 9.97 Å². The molecule has 1 aliphatic heterocycles. The lowest BCUT2D eigenvalue weighted by Crippen LogP contribution is -2.47. The lowest BCUT2D eigenvalue weighted by atomic mass is 10.0. The van der Waals surface area contributed by atoms with Crippen molar-refractivity contribution in [2.45, 2.75) is 12.2 Å². The van der Waals surface area contributed by atoms with Gasteiger partial charge in [0.05, 0.1) is 11.6 Å². The highest BCUT2D eigenvalue weighted by Gasteiger charge is 2.37. The third kappa shape index (κ3) is 3.47. The van der Waals surface area contributed by atoms with Crippen LogP contribution >= 0.6 is 0 Å². The number of likely N-dealkylation sites (N-methyl/N-ethyl adjacent to an activating group) is 1. The number of piperazine rings is 1. The van der Waals surface area contributed by atoms with Gasteiger partial charge in [-0.05, 0) is 24.7 Å². The largest absolute Gasteiger partial charge is 0.451 e. The smallest absolute Gasteiger partial charge is 0.346 e. The van der Waals surface area contributed by atoms with E-state index in [1.165, 1.54) is 0 Å². The third-order valence-electron chi connectivity index (χ3n) is 4.88. The number of hydrogen-bond donors (Lipinski definition) is 0. The Balaban J connectivity index is 1.88. The number of alkyl halides is 3. The van der Waals surface area contributed by atoms with Gasteiger partial charge in [-0.15, -0.1) is 0 Å².